The summed E-state index contributed by atoms with van der Waals surface area (Å²) in [5, 5.41) is 0. The molecular formula is C13H19NO2. The van der Waals surface area contributed by atoms with Crippen LogP contribution in [0.4, 0.5) is 0 Å². The van der Waals surface area contributed by atoms with Crippen molar-refractivity contribution in [1.29, 1.82) is 0 Å². The molecule has 0 fully saturated rings. The zero-order valence-electron chi connectivity index (χ0n) is 10.4. The molecule has 88 valence electrons. The first-order valence-corrected chi connectivity index (χ1v) is 5.49. The molecule has 0 saturated heterocycles. The summed E-state index contributed by atoms with van der Waals surface area (Å²) in [5.74, 6) is 0.787. The molecule has 0 aromatic heterocycles. The fourth-order valence-corrected chi connectivity index (χ4v) is 1.44. The van der Waals surface area contributed by atoms with E-state index in [1.54, 1.807) is 19.0 Å². The highest BCUT2D eigenvalue weighted by molar-refractivity contribution is 5.80. The molecule has 1 aromatic rings. The number of carbonyl (C=O) groups excluding carboxylic acids is 1. The Hall–Kier alpha value is -1.51. The topological polar surface area (TPSA) is 29.5 Å². The molecule has 0 N–H and O–H groups in total. The van der Waals surface area contributed by atoms with Crippen molar-refractivity contribution < 1.29 is 9.53 Å². The molecular weight excluding hydrogens is 202 g/mol. The summed E-state index contributed by atoms with van der Waals surface area (Å²) in [7, 11) is 3.48. The molecule has 1 aromatic carbocycles. The monoisotopic (exact) mass is 221 g/mol. The van der Waals surface area contributed by atoms with Crippen molar-refractivity contribution in [2.75, 3.05) is 14.1 Å². The van der Waals surface area contributed by atoms with E-state index in [0.717, 1.165) is 11.3 Å². The molecule has 16 heavy (non-hydrogen) atoms. The van der Waals surface area contributed by atoms with E-state index >= 15 is 0 Å². The number of amides is 1. The minimum Gasteiger partial charge on any atom is -0.480 e. The van der Waals surface area contributed by atoms with Crippen LogP contribution in [-0.2, 0) is 4.79 Å². The molecule has 0 spiro atoms. The largest absolute Gasteiger partial charge is 0.480 e. The van der Waals surface area contributed by atoms with Gasteiger partial charge in [0.15, 0.2) is 6.10 Å². The SMILES string of the molecule is CC[C@H](Oc1ccccc1C)C(=O)N(C)C. The first-order valence-electron chi connectivity index (χ1n) is 5.49. The first-order chi connectivity index (χ1) is 7.56. The van der Waals surface area contributed by atoms with Crippen molar-refractivity contribution in [3.8, 4) is 5.75 Å². The molecule has 3 nitrogen and oxygen atoms in total. The normalized spacial score (nSPS) is 12.0. The lowest BCUT2D eigenvalue weighted by molar-refractivity contribution is -0.136. The van der Waals surface area contributed by atoms with E-state index in [0.29, 0.717) is 6.42 Å². The highest BCUT2D eigenvalue weighted by Gasteiger charge is 2.20. The van der Waals surface area contributed by atoms with Crippen LogP contribution in [0, 0.1) is 6.92 Å². The second-order valence-electron chi connectivity index (χ2n) is 4.01. The molecule has 0 aliphatic rings. The number of aryl methyl sites for hydroxylation is 1. The van der Waals surface area contributed by atoms with Crippen LogP contribution < -0.4 is 4.74 Å². The Morgan fingerprint density at radius 2 is 2.00 bits per heavy atom. The van der Waals surface area contributed by atoms with Crippen LogP contribution in [-0.4, -0.2) is 31.0 Å². The Kier molecular flexibility index (Phi) is 4.35. The van der Waals surface area contributed by atoms with E-state index in [2.05, 4.69) is 0 Å². The predicted molar refractivity (Wildman–Crippen MR) is 64.6 cm³/mol. The summed E-state index contributed by atoms with van der Waals surface area (Å²) in [5.41, 5.74) is 1.05. The Bertz CT molecular complexity index is 361. The number of hydrogen-bond donors (Lipinski definition) is 0. The first kappa shape index (κ1) is 12.6. The number of carbonyl (C=O) groups is 1. The number of hydrogen-bond acceptors (Lipinski definition) is 2. The van der Waals surface area contributed by atoms with E-state index in [9.17, 15) is 4.79 Å². The van der Waals surface area contributed by atoms with Gasteiger partial charge in [0.2, 0.25) is 0 Å². The van der Waals surface area contributed by atoms with Gasteiger partial charge >= 0.3 is 0 Å². The molecule has 0 saturated carbocycles. The quantitative estimate of drug-likeness (QED) is 0.780. The third kappa shape index (κ3) is 2.99. The summed E-state index contributed by atoms with van der Waals surface area (Å²) >= 11 is 0. The number of ether oxygens (including phenoxy) is 1. The average molecular weight is 221 g/mol. The van der Waals surface area contributed by atoms with Gasteiger partial charge in [0.25, 0.3) is 5.91 Å². The fourth-order valence-electron chi connectivity index (χ4n) is 1.44. The molecule has 0 heterocycles. The van der Waals surface area contributed by atoms with Crippen LogP contribution in [0.3, 0.4) is 0 Å². The Morgan fingerprint density at radius 3 is 2.50 bits per heavy atom. The Labute approximate surface area is 97.0 Å². The van der Waals surface area contributed by atoms with Gasteiger partial charge in [-0.15, -0.1) is 0 Å². The minimum atomic E-state index is -0.393. The van der Waals surface area contributed by atoms with Gasteiger partial charge in [-0.05, 0) is 25.0 Å². The van der Waals surface area contributed by atoms with Gasteiger partial charge < -0.3 is 9.64 Å². The van der Waals surface area contributed by atoms with Crippen molar-refractivity contribution in [3.63, 3.8) is 0 Å². The van der Waals surface area contributed by atoms with Gasteiger partial charge in [-0.1, -0.05) is 25.1 Å². The number of benzene rings is 1. The van der Waals surface area contributed by atoms with E-state index in [-0.39, 0.29) is 5.91 Å². The van der Waals surface area contributed by atoms with Crippen LogP contribution in [0.1, 0.15) is 18.9 Å². The zero-order chi connectivity index (χ0) is 12.1. The lowest BCUT2D eigenvalue weighted by Gasteiger charge is -2.21. The molecule has 0 unspecified atom stereocenters. The highest BCUT2D eigenvalue weighted by Crippen LogP contribution is 2.19. The second kappa shape index (κ2) is 5.54. The van der Waals surface area contributed by atoms with Crippen LogP contribution in [0.25, 0.3) is 0 Å². The molecule has 1 amide bonds. The van der Waals surface area contributed by atoms with Crippen LogP contribution in [0.15, 0.2) is 24.3 Å². The second-order valence-corrected chi connectivity index (χ2v) is 4.01. The van der Waals surface area contributed by atoms with E-state index in [1.165, 1.54) is 0 Å². The molecule has 1 atom stereocenters. The molecule has 0 aliphatic heterocycles. The average Bonchev–Trinajstić information content (AvgIpc) is 2.27. The third-order valence-electron chi connectivity index (χ3n) is 2.45. The van der Waals surface area contributed by atoms with Gasteiger partial charge in [-0.2, -0.15) is 0 Å². The zero-order valence-corrected chi connectivity index (χ0v) is 10.4. The van der Waals surface area contributed by atoms with Crippen molar-refractivity contribution in [2.45, 2.75) is 26.4 Å². The molecule has 0 aliphatic carbocycles. The van der Waals surface area contributed by atoms with Crippen LogP contribution in [0.5, 0.6) is 5.75 Å². The highest BCUT2D eigenvalue weighted by atomic mass is 16.5. The summed E-state index contributed by atoms with van der Waals surface area (Å²) < 4.78 is 5.73. The number of nitrogens with zero attached hydrogens (tertiary/aromatic N) is 1. The minimum absolute atomic E-state index is 0.00533. The number of likely N-dealkylation sites (N-methyl/N-ethyl adjacent to an activating group) is 1. The molecule has 0 bridgehead atoms. The van der Waals surface area contributed by atoms with Gasteiger partial charge in [-0.25, -0.2) is 0 Å². The predicted octanol–water partition coefficient (Wildman–Crippen LogP) is 2.24. The van der Waals surface area contributed by atoms with E-state index < -0.39 is 6.10 Å². The fraction of sp³-hybridized carbons (Fsp3) is 0.462. The summed E-state index contributed by atoms with van der Waals surface area (Å²) in [6.07, 6.45) is 0.279. The van der Waals surface area contributed by atoms with Crippen molar-refractivity contribution in [3.05, 3.63) is 29.8 Å². The van der Waals surface area contributed by atoms with E-state index in [1.807, 2.05) is 38.1 Å². The summed E-state index contributed by atoms with van der Waals surface area (Å²) in [6.45, 7) is 3.92. The van der Waals surface area contributed by atoms with Crippen LogP contribution >= 0.6 is 0 Å². The summed E-state index contributed by atoms with van der Waals surface area (Å²) in [6, 6.07) is 7.73. The lowest BCUT2D eigenvalue weighted by Crippen LogP contribution is -2.37. The smallest absolute Gasteiger partial charge is 0.263 e. The third-order valence-corrected chi connectivity index (χ3v) is 2.45. The Morgan fingerprint density at radius 1 is 1.38 bits per heavy atom. The van der Waals surface area contributed by atoms with E-state index in [4.69, 9.17) is 4.74 Å². The van der Waals surface area contributed by atoms with Gasteiger partial charge in [0, 0.05) is 14.1 Å². The Balaban J connectivity index is 2.78. The van der Waals surface area contributed by atoms with Crippen molar-refractivity contribution in [2.24, 2.45) is 0 Å². The maximum absolute atomic E-state index is 11.8. The maximum atomic E-state index is 11.8. The standard InChI is InChI=1S/C13H19NO2/c1-5-11(13(15)14(3)4)16-12-9-7-6-8-10(12)2/h6-9,11H,5H2,1-4H3/t11-/m0/s1. The lowest BCUT2D eigenvalue weighted by atomic mass is 10.2. The van der Waals surface area contributed by atoms with Gasteiger partial charge in [-0.3, -0.25) is 4.79 Å². The van der Waals surface area contributed by atoms with Gasteiger partial charge in [0.05, 0.1) is 0 Å². The number of rotatable bonds is 4. The summed E-state index contributed by atoms with van der Waals surface area (Å²) in [4.78, 5) is 13.4. The molecule has 1 rings (SSSR count). The molecule has 3 heteroatoms. The molecule has 0 radical (unpaired) electrons. The van der Waals surface area contributed by atoms with Crippen LogP contribution in [0.2, 0.25) is 0 Å². The van der Waals surface area contributed by atoms with Gasteiger partial charge in [0.1, 0.15) is 5.75 Å². The maximum Gasteiger partial charge on any atom is 0.263 e. The van der Waals surface area contributed by atoms with Crippen molar-refractivity contribution in [1.82, 2.24) is 4.90 Å². The number of para-hydroxylation sites is 1. The van der Waals surface area contributed by atoms with Crippen molar-refractivity contribution >= 4 is 5.91 Å².